The van der Waals surface area contributed by atoms with Gasteiger partial charge in [0.25, 0.3) is 0 Å². The van der Waals surface area contributed by atoms with Gasteiger partial charge in [-0.3, -0.25) is 4.57 Å². The Morgan fingerprint density at radius 3 is 2.94 bits per heavy atom. The van der Waals surface area contributed by atoms with Crippen LogP contribution in [-0.4, -0.2) is 9.55 Å². The Morgan fingerprint density at radius 1 is 1.53 bits per heavy atom. The van der Waals surface area contributed by atoms with Crippen molar-refractivity contribution in [1.29, 1.82) is 5.26 Å². The summed E-state index contributed by atoms with van der Waals surface area (Å²) in [5, 5.41) is 8.80. The number of halogens is 1. The number of aromatic amines is 1. The molecule has 1 N–H and O–H groups in total. The van der Waals surface area contributed by atoms with Crippen LogP contribution in [-0.2, 0) is 6.42 Å². The largest absolute Gasteiger partial charge is 0.337 e. The molecule has 2 rings (SSSR count). The summed E-state index contributed by atoms with van der Waals surface area (Å²) in [7, 11) is 0. The van der Waals surface area contributed by atoms with Crippen molar-refractivity contribution in [2.24, 2.45) is 0 Å². The topological polar surface area (TPSA) is 44.5 Å². The Kier molecular flexibility index (Phi) is 3.07. The lowest BCUT2D eigenvalue weighted by molar-refractivity contribution is 0.623. The van der Waals surface area contributed by atoms with Gasteiger partial charge in [0.1, 0.15) is 11.9 Å². The Hall–Kier alpha value is -1.93. The van der Waals surface area contributed by atoms with E-state index in [1.807, 2.05) is 19.2 Å². The van der Waals surface area contributed by atoms with E-state index < -0.39 is 5.82 Å². The molecule has 3 nitrogen and oxygen atoms in total. The quantitative estimate of drug-likeness (QED) is 0.829. The maximum Gasteiger partial charge on any atom is 0.182 e. The summed E-state index contributed by atoms with van der Waals surface area (Å²) < 4.78 is 15.6. The number of rotatable bonds is 2. The van der Waals surface area contributed by atoms with Crippen LogP contribution in [0.25, 0.3) is 5.69 Å². The molecule has 0 saturated heterocycles. The number of nitriles is 1. The molecule has 86 valence electrons. The fraction of sp³-hybridized carbons (Fsp3) is 0.167. The van der Waals surface area contributed by atoms with Gasteiger partial charge in [-0.1, -0.05) is 6.92 Å². The van der Waals surface area contributed by atoms with E-state index in [0.29, 0.717) is 10.5 Å². The lowest BCUT2D eigenvalue weighted by Crippen LogP contribution is -2.00. The van der Waals surface area contributed by atoms with Crippen molar-refractivity contribution in [1.82, 2.24) is 9.55 Å². The second-order valence-electron chi connectivity index (χ2n) is 3.55. The minimum atomic E-state index is -0.517. The Morgan fingerprint density at radius 2 is 2.29 bits per heavy atom. The summed E-state index contributed by atoms with van der Waals surface area (Å²) in [5.41, 5.74) is 1.71. The number of H-pyrrole nitrogens is 1. The third kappa shape index (κ3) is 1.99. The Labute approximate surface area is 103 Å². The second kappa shape index (κ2) is 4.52. The van der Waals surface area contributed by atoms with E-state index in [0.717, 1.165) is 12.1 Å². The minimum Gasteiger partial charge on any atom is -0.337 e. The van der Waals surface area contributed by atoms with Gasteiger partial charge in [0.15, 0.2) is 4.77 Å². The molecule has 1 aromatic carbocycles. The number of benzene rings is 1. The van der Waals surface area contributed by atoms with E-state index in [4.69, 9.17) is 17.5 Å². The number of aryl methyl sites for hydroxylation is 1. The predicted octanol–water partition coefficient (Wildman–Crippen LogP) is 3.11. The standard InChI is InChI=1S/C12H10FN3S/c1-2-9-7-15-12(17)16(9)10-3-4-11(13)8(5-10)6-14/h3-5,7H,2H2,1H3,(H,15,17). The third-order valence-corrected chi connectivity index (χ3v) is 2.84. The molecule has 0 unspecified atom stereocenters. The second-order valence-corrected chi connectivity index (χ2v) is 3.94. The molecule has 0 aliphatic rings. The first-order valence-corrected chi connectivity index (χ1v) is 5.57. The van der Waals surface area contributed by atoms with Gasteiger partial charge in [0.05, 0.1) is 5.56 Å². The third-order valence-electron chi connectivity index (χ3n) is 2.54. The van der Waals surface area contributed by atoms with Crippen molar-refractivity contribution in [2.45, 2.75) is 13.3 Å². The average molecular weight is 247 g/mol. The van der Waals surface area contributed by atoms with Gasteiger partial charge in [-0.15, -0.1) is 0 Å². The Balaban J connectivity index is 2.65. The van der Waals surface area contributed by atoms with Gasteiger partial charge in [0, 0.05) is 17.6 Å². The van der Waals surface area contributed by atoms with Crippen molar-refractivity contribution in [3.8, 4) is 11.8 Å². The van der Waals surface area contributed by atoms with E-state index in [-0.39, 0.29) is 5.56 Å². The van der Waals surface area contributed by atoms with Gasteiger partial charge >= 0.3 is 0 Å². The number of hydrogen-bond donors (Lipinski definition) is 1. The highest BCUT2D eigenvalue weighted by atomic mass is 32.1. The molecule has 0 atom stereocenters. The summed E-state index contributed by atoms with van der Waals surface area (Å²) in [6.07, 6.45) is 2.62. The van der Waals surface area contributed by atoms with Crippen LogP contribution in [0.2, 0.25) is 0 Å². The lowest BCUT2D eigenvalue weighted by atomic mass is 10.2. The maximum absolute atomic E-state index is 13.2. The smallest absolute Gasteiger partial charge is 0.182 e. The molecule has 1 aromatic heterocycles. The van der Waals surface area contributed by atoms with Crippen LogP contribution >= 0.6 is 12.2 Å². The molecular weight excluding hydrogens is 237 g/mol. The molecule has 0 radical (unpaired) electrons. The zero-order valence-corrected chi connectivity index (χ0v) is 10.0. The van der Waals surface area contributed by atoms with Crippen LogP contribution in [0.4, 0.5) is 4.39 Å². The highest BCUT2D eigenvalue weighted by Crippen LogP contribution is 2.17. The highest BCUT2D eigenvalue weighted by molar-refractivity contribution is 7.71. The Bertz CT molecular complexity index is 649. The molecule has 1 heterocycles. The maximum atomic E-state index is 13.2. The first-order valence-electron chi connectivity index (χ1n) is 5.16. The van der Waals surface area contributed by atoms with Gasteiger partial charge < -0.3 is 4.98 Å². The number of aromatic nitrogens is 2. The molecule has 0 bridgehead atoms. The van der Waals surface area contributed by atoms with Crippen LogP contribution in [0.1, 0.15) is 18.2 Å². The SMILES string of the molecule is CCc1c[nH]c(=S)n1-c1ccc(F)c(C#N)c1. The molecule has 0 amide bonds. The fourth-order valence-corrected chi connectivity index (χ4v) is 1.97. The van der Waals surface area contributed by atoms with Crippen molar-refractivity contribution in [2.75, 3.05) is 0 Å². The van der Waals surface area contributed by atoms with Crippen molar-refractivity contribution in [3.63, 3.8) is 0 Å². The van der Waals surface area contributed by atoms with Crippen LogP contribution in [0.3, 0.4) is 0 Å². The van der Waals surface area contributed by atoms with E-state index in [1.54, 1.807) is 10.6 Å². The number of nitrogens with zero attached hydrogens (tertiary/aromatic N) is 2. The number of imidazole rings is 1. The summed E-state index contributed by atoms with van der Waals surface area (Å²) in [6.45, 7) is 2.00. The highest BCUT2D eigenvalue weighted by Gasteiger charge is 2.08. The molecule has 0 spiro atoms. The van der Waals surface area contributed by atoms with E-state index in [9.17, 15) is 4.39 Å². The van der Waals surface area contributed by atoms with Crippen LogP contribution in [0.15, 0.2) is 24.4 Å². The molecular formula is C12H10FN3S. The number of nitrogens with one attached hydrogen (secondary N) is 1. The molecule has 0 saturated carbocycles. The summed E-state index contributed by atoms with van der Waals surface area (Å²) in [5.74, 6) is -0.517. The lowest BCUT2D eigenvalue weighted by Gasteiger charge is -2.07. The fourth-order valence-electron chi connectivity index (χ4n) is 1.69. The molecule has 0 aliphatic heterocycles. The van der Waals surface area contributed by atoms with Crippen LogP contribution in [0, 0.1) is 21.9 Å². The van der Waals surface area contributed by atoms with Gasteiger partial charge in [-0.25, -0.2) is 4.39 Å². The zero-order chi connectivity index (χ0) is 12.4. The molecule has 0 aliphatic carbocycles. The van der Waals surface area contributed by atoms with Crippen LogP contribution < -0.4 is 0 Å². The average Bonchev–Trinajstić information content (AvgIpc) is 2.71. The van der Waals surface area contributed by atoms with Gasteiger partial charge in [-0.2, -0.15) is 5.26 Å². The van der Waals surface area contributed by atoms with E-state index >= 15 is 0 Å². The summed E-state index contributed by atoms with van der Waals surface area (Å²) in [6, 6.07) is 6.21. The van der Waals surface area contributed by atoms with E-state index in [2.05, 4.69) is 4.98 Å². The normalized spacial score (nSPS) is 10.2. The first-order chi connectivity index (χ1) is 8.17. The molecule has 2 aromatic rings. The van der Waals surface area contributed by atoms with Crippen molar-refractivity contribution < 1.29 is 4.39 Å². The molecule has 17 heavy (non-hydrogen) atoms. The minimum absolute atomic E-state index is 0.0210. The predicted molar refractivity (Wildman–Crippen MR) is 65.0 cm³/mol. The van der Waals surface area contributed by atoms with Gasteiger partial charge in [0.2, 0.25) is 0 Å². The zero-order valence-electron chi connectivity index (χ0n) is 9.20. The summed E-state index contributed by atoms with van der Waals surface area (Å²) in [4.78, 5) is 2.94. The first kappa shape index (κ1) is 11.6. The van der Waals surface area contributed by atoms with Crippen LogP contribution in [0.5, 0.6) is 0 Å². The monoisotopic (exact) mass is 247 g/mol. The van der Waals surface area contributed by atoms with E-state index in [1.165, 1.54) is 12.1 Å². The number of hydrogen-bond acceptors (Lipinski definition) is 2. The van der Waals surface area contributed by atoms with Crippen molar-refractivity contribution in [3.05, 3.63) is 46.2 Å². The van der Waals surface area contributed by atoms with Gasteiger partial charge in [-0.05, 0) is 36.8 Å². The molecule has 0 fully saturated rings. The van der Waals surface area contributed by atoms with Crippen molar-refractivity contribution >= 4 is 12.2 Å². The molecule has 5 heteroatoms. The summed E-state index contributed by atoms with van der Waals surface area (Å²) >= 11 is 5.16.